The Bertz CT molecular complexity index is 927. The van der Waals surface area contributed by atoms with Crippen molar-refractivity contribution in [3.05, 3.63) is 65.2 Å². The molecule has 5 unspecified atom stereocenters. The molecule has 0 saturated carbocycles. The fraction of sp³-hybridized carbons (Fsp3) is 0.409. The summed E-state index contributed by atoms with van der Waals surface area (Å²) in [5, 5.41) is 47.4. The van der Waals surface area contributed by atoms with Gasteiger partial charge in [-0.05, 0) is 30.5 Å². The molecule has 0 bridgehead atoms. The molecule has 0 radical (unpaired) electrons. The van der Waals surface area contributed by atoms with E-state index < -0.39 is 31.0 Å². The fourth-order valence-corrected chi connectivity index (χ4v) is 4.37. The van der Waals surface area contributed by atoms with Crippen molar-refractivity contribution in [3.63, 3.8) is 0 Å². The first-order valence-electron chi connectivity index (χ1n) is 10.3. The zero-order valence-electron chi connectivity index (χ0n) is 17.2. The van der Waals surface area contributed by atoms with Gasteiger partial charge in [-0.15, -0.1) is 0 Å². The summed E-state index contributed by atoms with van der Waals surface area (Å²) in [6, 6.07) is 13.6. The molecule has 4 rings (SSSR count). The molecule has 1 fully saturated rings. The summed E-state index contributed by atoms with van der Waals surface area (Å²) in [5.74, 6) is 0. The third kappa shape index (κ3) is 4.29. The van der Waals surface area contributed by atoms with Crippen LogP contribution < -0.4 is 10.6 Å². The lowest BCUT2D eigenvalue weighted by Crippen LogP contribution is -2.57. The van der Waals surface area contributed by atoms with Crippen molar-refractivity contribution in [1.29, 1.82) is 0 Å². The van der Waals surface area contributed by atoms with Crippen molar-refractivity contribution in [1.82, 2.24) is 15.1 Å². The van der Waals surface area contributed by atoms with Crippen LogP contribution in [0.15, 0.2) is 48.5 Å². The molecule has 0 aliphatic carbocycles. The molecule has 5 atom stereocenters. The summed E-state index contributed by atoms with van der Waals surface area (Å²) in [6.07, 6.45) is -3.37. The van der Waals surface area contributed by atoms with Crippen LogP contribution in [0.3, 0.4) is 0 Å². The molecule has 9 heteroatoms. The quantitative estimate of drug-likeness (QED) is 0.429. The van der Waals surface area contributed by atoms with Gasteiger partial charge < -0.3 is 30.6 Å². The van der Waals surface area contributed by atoms with Gasteiger partial charge in [-0.3, -0.25) is 5.32 Å². The second-order valence-electron chi connectivity index (χ2n) is 8.04. The van der Waals surface area contributed by atoms with E-state index in [4.69, 9.17) is 0 Å². The number of anilines is 1. The second-order valence-corrected chi connectivity index (χ2v) is 8.04. The van der Waals surface area contributed by atoms with Gasteiger partial charge in [0.25, 0.3) is 0 Å². The number of carbonyl (C=O) groups is 1. The molecule has 2 aromatic rings. The van der Waals surface area contributed by atoms with Gasteiger partial charge in [0.2, 0.25) is 0 Å². The van der Waals surface area contributed by atoms with Gasteiger partial charge in [-0.2, -0.15) is 0 Å². The van der Waals surface area contributed by atoms with E-state index in [-0.39, 0.29) is 12.6 Å². The van der Waals surface area contributed by atoms with Gasteiger partial charge in [-0.1, -0.05) is 36.4 Å². The van der Waals surface area contributed by atoms with Gasteiger partial charge in [0.05, 0.1) is 6.04 Å². The normalized spacial score (nSPS) is 28.2. The summed E-state index contributed by atoms with van der Waals surface area (Å²) in [4.78, 5) is 15.5. The minimum absolute atomic E-state index is 0.226. The molecule has 0 spiro atoms. The zero-order chi connectivity index (χ0) is 22.1. The molecule has 166 valence electrons. The number of nitrogens with zero attached hydrogens (tertiary/aromatic N) is 2. The SMILES string of the molecule is CN(Cc1cccc2c1C(O)N(C1CCC(O)NC1O)C2O)C(=O)Nc1ccccc1. The Morgan fingerprint density at radius 2 is 1.81 bits per heavy atom. The standard InChI is InChI=1S/C22H28N4O5/c1-25(22(31)23-14-7-3-2-4-8-14)12-13-6-5-9-15-18(13)21(30)26(20(15)29)16-10-11-17(27)24-19(16)28/h2-9,16-17,19-21,24,27-30H,10-12H2,1H3,(H,23,31). The first-order valence-corrected chi connectivity index (χ1v) is 10.3. The van der Waals surface area contributed by atoms with Crippen LogP contribution in [0.5, 0.6) is 0 Å². The van der Waals surface area contributed by atoms with E-state index in [9.17, 15) is 25.2 Å². The summed E-state index contributed by atoms with van der Waals surface area (Å²) >= 11 is 0. The zero-order valence-corrected chi connectivity index (χ0v) is 17.2. The molecule has 9 nitrogen and oxygen atoms in total. The fourth-order valence-electron chi connectivity index (χ4n) is 4.37. The Balaban J connectivity index is 1.52. The summed E-state index contributed by atoms with van der Waals surface area (Å²) in [6.45, 7) is 0.226. The van der Waals surface area contributed by atoms with Crippen molar-refractivity contribution in [3.8, 4) is 0 Å². The topological polar surface area (TPSA) is 129 Å². The monoisotopic (exact) mass is 428 g/mol. The number of hydrogen-bond acceptors (Lipinski definition) is 7. The van der Waals surface area contributed by atoms with Crippen molar-refractivity contribution in [2.45, 2.75) is 50.3 Å². The molecule has 0 aromatic heterocycles. The Labute approximate surface area is 180 Å². The van der Waals surface area contributed by atoms with Crippen molar-refractivity contribution in [2.24, 2.45) is 0 Å². The van der Waals surface area contributed by atoms with Crippen LogP contribution in [-0.4, -0.2) is 61.8 Å². The summed E-state index contributed by atoms with van der Waals surface area (Å²) in [7, 11) is 1.66. The highest BCUT2D eigenvalue weighted by Crippen LogP contribution is 2.44. The van der Waals surface area contributed by atoms with E-state index in [1.54, 1.807) is 31.3 Å². The van der Waals surface area contributed by atoms with Crippen LogP contribution in [0.25, 0.3) is 0 Å². The molecule has 2 aromatic carbocycles. The largest absolute Gasteiger partial charge is 0.379 e. The van der Waals surface area contributed by atoms with Gasteiger partial charge >= 0.3 is 6.03 Å². The number of benzene rings is 2. The predicted octanol–water partition coefficient (Wildman–Crippen LogP) is 1.04. The van der Waals surface area contributed by atoms with Gasteiger partial charge in [0, 0.05) is 30.4 Å². The molecule has 2 aliphatic rings. The molecule has 31 heavy (non-hydrogen) atoms. The Hall–Kier alpha value is -2.53. The number of para-hydroxylation sites is 1. The molecular formula is C22H28N4O5. The average Bonchev–Trinajstić information content (AvgIpc) is 3.00. The number of amides is 2. The molecule has 2 heterocycles. The lowest BCUT2D eigenvalue weighted by molar-refractivity contribution is -0.159. The minimum Gasteiger partial charge on any atom is -0.379 e. The van der Waals surface area contributed by atoms with E-state index in [1.165, 1.54) is 9.80 Å². The molecule has 2 aliphatic heterocycles. The number of urea groups is 1. The molecular weight excluding hydrogens is 400 g/mol. The van der Waals surface area contributed by atoms with Crippen LogP contribution in [0.1, 0.15) is 42.0 Å². The summed E-state index contributed by atoms with van der Waals surface area (Å²) < 4.78 is 0. The number of hydrogen-bond donors (Lipinski definition) is 6. The van der Waals surface area contributed by atoms with Gasteiger partial charge in [0.15, 0.2) is 0 Å². The highest BCUT2D eigenvalue weighted by Gasteiger charge is 2.45. The summed E-state index contributed by atoms with van der Waals surface area (Å²) in [5.41, 5.74) is 2.46. The van der Waals surface area contributed by atoms with Crippen molar-refractivity contribution < 1.29 is 25.2 Å². The number of aliphatic hydroxyl groups excluding tert-OH is 4. The van der Waals surface area contributed by atoms with Gasteiger partial charge in [0.1, 0.15) is 24.9 Å². The highest BCUT2D eigenvalue weighted by atomic mass is 16.3. The van der Waals surface area contributed by atoms with Crippen molar-refractivity contribution in [2.75, 3.05) is 12.4 Å². The van der Waals surface area contributed by atoms with E-state index in [1.807, 2.05) is 24.3 Å². The maximum absolute atomic E-state index is 12.6. The minimum atomic E-state index is -1.15. The smallest absolute Gasteiger partial charge is 0.321 e. The number of piperidine rings is 1. The van der Waals surface area contributed by atoms with E-state index in [0.29, 0.717) is 35.2 Å². The third-order valence-electron chi connectivity index (χ3n) is 5.96. The lowest BCUT2D eigenvalue weighted by Gasteiger charge is -2.40. The predicted molar refractivity (Wildman–Crippen MR) is 113 cm³/mol. The highest BCUT2D eigenvalue weighted by molar-refractivity contribution is 5.89. The number of fused-ring (bicyclic) bond motifs is 1. The first-order chi connectivity index (χ1) is 14.9. The molecule has 6 N–H and O–H groups in total. The van der Waals surface area contributed by atoms with Crippen LogP contribution in [0.4, 0.5) is 10.5 Å². The Morgan fingerprint density at radius 3 is 2.52 bits per heavy atom. The van der Waals surface area contributed by atoms with E-state index in [0.717, 1.165) is 0 Å². The maximum atomic E-state index is 12.6. The van der Waals surface area contributed by atoms with Crippen molar-refractivity contribution >= 4 is 11.7 Å². The molecule has 2 amide bonds. The Morgan fingerprint density at radius 1 is 1.06 bits per heavy atom. The number of nitrogens with one attached hydrogen (secondary N) is 2. The number of aliphatic hydroxyl groups is 4. The first kappa shape index (κ1) is 21.7. The number of carbonyl (C=O) groups excluding carboxylic acids is 1. The number of rotatable bonds is 4. The van der Waals surface area contributed by atoms with Crippen LogP contribution in [0.2, 0.25) is 0 Å². The van der Waals surface area contributed by atoms with Crippen LogP contribution in [-0.2, 0) is 6.54 Å². The van der Waals surface area contributed by atoms with Gasteiger partial charge in [-0.25, -0.2) is 9.69 Å². The molecule has 1 saturated heterocycles. The maximum Gasteiger partial charge on any atom is 0.321 e. The Kier molecular flexibility index (Phi) is 6.24. The average molecular weight is 428 g/mol. The van der Waals surface area contributed by atoms with Crippen LogP contribution in [0, 0.1) is 0 Å². The second kappa shape index (κ2) is 8.91. The van der Waals surface area contributed by atoms with E-state index >= 15 is 0 Å². The van der Waals surface area contributed by atoms with E-state index in [2.05, 4.69) is 10.6 Å². The lowest BCUT2D eigenvalue weighted by atomic mass is 10.0. The third-order valence-corrected chi connectivity index (χ3v) is 5.96. The van der Waals surface area contributed by atoms with Crippen LogP contribution >= 0.6 is 0 Å².